The molecule has 0 saturated carbocycles. The topological polar surface area (TPSA) is 348 Å². The minimum atomic E-state index is -4.91. The highest BCUT2D eigenvalue weighted by Gasteiger charge is 2.25. The summed E-state index contributed by atoms with van der Waals surface area (Å²) in [5.74, 6) is -2.60. The number of rotatable bonds is 19. The molecule has 23 nitrogen and oxygen atoms in total. The van der Waals surface area contributed by atoms with Crippen LogP contribution in [0.2, 0.25) is 0 Å². The highest BCUT2D eigenvalue weighted by molar-refractivity contribution is 7.94. The van der Waals surface area contributed by atoms with Crippen LogP contribution < -0.4 is 15.2 Å². The quantitative estimate of drug-likeness (QED) is 0.0215. The lowest BCUT2D eigenvalue weighted by atomic mass is 10.1. The Balaban J connectivity index is 1.71. The largest absolute Gasteiger partial charge is 0.505 e. The molecule has 0 spiro atoms. The summed E-state index contributed by atoms with van der Waals surface area (Å²) in [5, 5.41) is 40.6. The van der Waals surface area contributed by atoms with Crippen molar-refractivity contribution in [1.29, 1.82) is 0 Å². The number of fused-ring (bicyclic) bond motifs is 1. The standard InChI is InChI=1S/C28H29N5O18S5/c1-46-22-15-25(54(38,39)12-10-49-56(43,44)45)23(47-2)14-21(22)31-33-27-24(52-51-50-35)13-19-18(28(27)34)7-8-20(29)26(19)32-30-16-3-5-17(6-4-16)53(36,37)11-9-48-55(40,41)42/h3-8,13-15,34-35H,9-12,29H2,1-2H3,(H,40,41,42)(H,43,44,45). The Kier molecular flexibility index (Phi) is 14.3. The second kappa shape index (κ2) is 18.1. The van der Waals surface area contributed by atoms with Crippen LogP contribution >= 0.6 is 12.0 Å². The monoisotopic (exact) mass is 883 g/mol. The van der Waals surface area contributed by atoms with Crippen LogP contribution in [-0.2, 0) is 58.2 Å². The van der Waals surface area contributed by atoms with E-state index in [0.717, 1.165) is 19.2 Å². The molecule has 0 radical (unpaired) electrons. The molecular weight excluding hydrogens is 855 g/mol. The van der Waals surface area contributed by atoms with E-state index in [2.05, 4.69) is 38.2 Å². The minimum Gasteiger partial charge on any atom is -0.505 e. The van der Waals surface area contributed by atoms with Crippen LogP contribution in [0.15, 0.2) is 89.7 Å². The van der Waals surface area contributed by atoms with Gasteiger partial charge in [-0.1, -0.05) is 5.04 Å². The van der Waals surface area contributed by atoms with Crippen LogP contribution in [0.5, 0.6) is 17.2 Å². The molecule has 0 saturated heterocycles. The number of sulfone groups is 2. The maximum Gasteiger partial charge on any atom is 0.397 e. The summed E-state index contributed by atoms with van der Waals surface area (Å²) in [6.45, 7) is -1.73. The molecule has 4 aromatic rings. The van der Waals surface area contributed by atoms with Crippen molar-refractivity contribution in [2.45, 2.75) is 14.7 Å². The number of phenolic OH excluding ortho intramolecular Hbond substituents is 1. The summed E-state index contributed by atoms with van der Waals surface area (Å²) in [7, 11) is -15.7. The first kappa shape index (κ1) is 44.1. The summed E-state index contributed by atoms with van der Waals surface area (Å²) in [5.41, 5.74) is 6.02. The molecule has 4 aromatic carbocycles. The number of methoxy groups -OCH3 is 2. The predicted molar refractivity (Wildman–Crippen MR) is 194 cm³/mol. The maximum atomic E-state index is 13.0. The highest BCUT2D eigenvalue weighted by atomic mass is 32.3. The highest BCUT2D eigenvalue weighted by Crippen LogP contribution is 2.48. The first-order chi connectivity index (χ1) is 26.2. The van der Waals surface area contributed by atoms with Crippen LogP contribution in [-0.4, -0.2) is 92.1 Å². The molecular formula is C28H29N5O18S5. The van der Waals surface area contributed by atoms with Gasteiger partial charge < -0.3 is 20.3 Å². The predicted octanol–water partition coefficient (Wildman–Crippen LogP) is 4.59. The molecule has 0 aliphatic carbocycles. The van der Waals surface area contributed by atoms with Crippen molar-refractivity contribution in [3.8, 4) is 17.2 Å². The van der Waals surface area contributed by atoms with E-state index < -0.39 is 75.8 Å². The lowest BCUT2D eigenvalue weighted by molar-refractivity contribution is -0.432. The van der Waals surface area contributed by atoms with Crippen molar-refractivity contribution in [1.82, 2.24) is 0 Å². The van der Waals surface area contributed by atoms with Crippen molar-refractivity contribution in [2.75, 3.05) is 44.7 Å². The number of benzene rings is 4. The zero-order valence-corrected chi connectivity index (χ0v) is 32.5. The summed E-state index contributed by atoms with van der Waals surface area (Å²) >= 11 is 0.364. The van der Waals surface area contributed by atoms with Gasteiger partial charge in [0.05, 0.1) is 72.1 Å². The normalized spacial score (nSPS) is 12.9. The van der Waals surface area contributed by atoms with Gasteiger partial charge in [0.1, 0.15) is 33.5 Å². The number of nitrogens with zero attached hydrogens (tertiary/aromatic N) is 4. The molecule has 0 aromatic heterocycles. The van der Waals surface area contributed by atoms with Gasteiger partial charge in [0.2, 0.25) is 0 Å². The SMILES string of the molecule is COc1cc(S(=O)(=O)CCOS(=O)(=O)O)c(OC)cc1N=Nc1c(SOOO)cc2c(N=Nc3ccc(S(=O)(=O)CCOS(=O)(=O)O)cc3)c(N)ccc2c1O. The second-order valence-corrected chi connectivity index (χ2v) is 17.7. The van der Waals surface area contributed by atoms with Gasteiger partial charge in [-0.3, -0.25) is 9.11 Å². The van der Waals surface area contributed by atoms with Crippen molar-refractivity contribution < 1.29 is 80.4 Å². The molecule has 28 heteroatoms. The van der Waals surface area contributed by atoms with Crippen LogP contribution in [0.3, 0.4) is 0 Å². The number of aromatic hydroxyl groups is 1. The number of phenols is 1. The van der Waals surface area contributed by atoms with E-state index >= 15 is 0 Å². The third-order valence-electron chi connectivity index (χ3n) is 7.08. The van der Waals surface area contributed by atoms with Gasteiger partial charge in [0, 0.05) is 22.9 Å². The van der Waals surface area contributed by atoms with Crippen molar-refractivity contribution in [3.05, 3.63) is 54.6 Å². The van der Waals surface area contributed by atoms with E-state index in [0.29, 0.717) is 12.0 Å². The smallest absolute Gasteiger partial charge is 0.397 e. The fraction of sp³-hybridized carbons (Fsp3) is 0.214. The number of hydrogen-bond acceptors (Lipinski definition) is 22. The van der Waals surface area contributed by atoms with Gasteiger partial charge in [0.25, 0.3) is 0 Å². The van der Waals surface area contributed by atoms with E-state index in [1.807, 2.05) is 0 Å². The van der Waals surface area contributed by atoms with Crippen LogP contribution in [0.25, 0.3) is 10.8 Å². The number of ether oxygens (including phenoxy) is 2. The maximum absolute atomic E-state index is 13.0. The first-order valence-corrected chi connectivity index (χ1v) is 21.6. The summed E-state index contributed by atoms with van der Waals surface area (Å²) in [4.78, 5) is -0.705. The number of nitrogens with two attached hydrogens (primary N) is 1. The molecule has 0 unspecified atom stereocenters. The van der Waals surface area contributed by atoms with Crippen molar-refractivity contribution in [2.24, 2.45) is 20.5 Å². The molecule has 0 amide bonds. The Morgan fingerprint density at radius 1 is 0.696 bits per heavy atom. The lowest BCUT2D eigenvalue weighted by Gasteiger charge is -2.13. The number of nitrogen functional groups attached to an aromatic ring is 1. The van der Waals surface area contributed by atoms with Gasteiger partial charge in [-0.25, -0.2) is 30.5 Å². The first-order valence-electron chi connectivity index (χ1n) is 14.8. The van der Waals surface area contributed by atoms with Gasteiger partial charge in [0.15, 0.2) is 25.4 Å². The summed E-state index contributed by atoms with van der Waals surface area (Å²) in [6, 6.07) is 11.2. The number of hydrogen-bond donors (Lipinski definition) is 5. The number of azo groups is 2. The van der Waals surface area contributed by atoms with Gasteiger partial charge in [-0.05, 0) is 42.5 Å². The molecule has 0 heterocycles. The van der Waals surface area contributed by atoms with Gasteiger partial charge >= 0.3 is 20.8 Å². The summed E-state index contributed by atoms with van der Waals surface area (Å²) < 4.78 is 135. The molecule has 0 bridgehead atoms. The van der Waals surface area contributed by atoms with E-state index in [1.54, 1.807) is 0 Å². The molecule has 0 fully saturated rings. The van der Waals surface area contributed by atoms with Crippen LogP contribution in [0.1, 0.15) is 0 Å². The van der Waals surface area contributed by atoms with Crippen LogP contribution in [0.4, 0.5) is 28.4 Å². The molecule has 0 aliphatic rings. The Hall–Kier alpha value is -4.59. The third-order valence-corrected chi connectivity index (χ3v) is 12.0. The van der Waals surface area contributed by atoms with Gasteiger partial charge in [-0.15, -0.1) is 19.7 Å². The minimum absolute atomic E-state index is 0.0114. The molecule has 304 valence electrons. The Morgan fingerprint density at radius 2 is 1.29 bits per heavy atom. The van der Waals surface area contributed by atoms with Crippen LogP contribution in [0, 0.1) is 0 Å². The number of anilines is 1. The zero-order valence-electron chi connectivity index (χ0n) is 28.4. The van der Waals surface area contributed by atoms with E-state index in [1.165, 1.54) is 49.6 Å². The van der Waals surface area contributed by atoms with E-state index in [4.69, 9.17) is 29.6 Å². The van der Waals surface area contributed by atoms with Crippen molar-refractivity contribution in [3.63, 3.8) is 0 Å². The second-order valence-electron chi connectivity index (χ2n) is 10.6. The fourth-order valence-corrected chi connectivity index (χ4v) is 8.21. The Bertz CT molecular complexity index is 2600. The Morgan fingerprint density at radius 3 is 1.86 bits per heavy atom. The molecule has 6 N–H and O–H groups in total. The molecule has 4 rings (SSSR count). The van der Waals surface area contributed by atoms with E-state index in [-0.39, 0.29) is 60.5 Å². The average Bonchev–Trinajstić information content (AvgIpc) is 3.11. The van der Waals surface area contributed by atoms with Gasteiger partial charge in [-0.2, -0.15) is 21.9 Å². The average molecular weight is 884 g/mol. The summed E-state index contributed by atoms with van der Waals surface area (Å²) in [6.07, 6.45) is 0. The fourth-order valence-electron chi connectivity index (χ4n) is 4.58. The van der Waals surface area contributed by atoms with Crippen molar-refractivity contribution >= 4 is 91.7 Å². The third kappa shape index (κ3) is 11.5. The molecule has 0 atom stereocenters. The molecule has 56 heavy (non-hydrogen) atoms. The zero-order chi connectivity index (χ0) is 41.5. The molecule has 0 aliphatic heterocycles. The lowest BCUT2D eigenvalue weighted by Crippen LogP contribution is -2.16. The van der Waals surface area contributed by atoms with E-state index in [9.17, 15) is 38.8 Å². The Labute approximate surface area is 322 Å².